The summed E-state index contributed by atoms with van der Waals surface area (Å²) in [4.78, 5) is 2.07. The van der Waals surface area contributed by atoms with E-state index < -0.39 is 0 Å². The molecule has 0 atom stereocenters. The van der Waals surface area contributed by atoms with Crippen LogP contribution in [-0.2, 0) is 0 Å². The van der Waals surface area contributed by atoms with Gasteiger partial charge in [-0.1, -0.05) is 29.6 Å². The molecule has 0 amide bonds. The van der Waals surface area contributed by atoms with E-state index >= 15 is 0 Å². The van der Waals surface area contributed by atoms with Crippen molar-refractivity contribution < 1.29 is 0 Å². The smallest absolute Gasteiger partial charge is 0.0361 e. The summed E-state index contributed by atoms with van der Waals surface area (Å²) >= 11 is 0. The number of rotatable bonds is 1. The summed E-state index contributed by atoms with van der Waals surface area (Å²) in [6, 6.07) is 23.8. The Morgan fingerprint density at radius 2 is 0.815 bits per heavy atom. The monoisotopic (exact) mass is 345 g/mol. The van der Waals surface area contributed by atoms with Crippen molar-refractivity contribution in [2.24, 2.45) is 0 Å². The Morgan fingerprint density at radius 3 is 1.11 bits per heavy atom. The summed E-state index contributed by atoms with van der Waals surface area (Å²) in [7, 11) is 4.05. The molecule has 0 aliphatic carbocycles. The second kappa shape index (κ2) is 8.49. The summed E-state index contributed by atoms with van der Waals surface area (Å²) in [6.45, 7) is 0. The quantitative estimate of drug-likeness (QED) is 0.586. The lowest BCUT2D eigenvalue weighted by atomic mass is 10.1. The van der Waals surface area contributed by atoms with Crippen molar-refractivity contribution in [2.45, 2.75) is 0 Å². The van der Waals surface area contributed by atoms with Gasteiger partial charge in [0.15, 0.2) is 0 Å². The van der Waals surface area contributed by atoms with Crippen molar-refractivity contribution in [3.63, 3.8) is 0 Å². The van der Waals surface area contributed by atoms with Gasteiger partial charge in [0.25, 0.3) is 0 Å². The molecule has 0 aliphatic heterocycles. The molecule has 0 saturated carbocycles. The Bertz CT molecular complexity index is 1070. The number of terminal acetylenes is 1. The van der Waals surface area contributed by atoms with Crippen molar-refractivity contribution >= 4 is 5.69 Å². The number of benzene rings is 3. The Labute approximate surface area is 161 Å². The van der Waals surface area contributed by atoms with E-state index in [-0.39, 0.29) is 0 Å². The summed E-state index contributed by atoms with van der Waals surface area (Å²) in [6.07, 6.45) is 5.36. The summed E-state index contributed by atoms with van der Waals surface area (Å²) in [5, 5.41) is 0. The predicted molar refractivity (Wildman–Crippen MR) is 114 cm³/mol. The molecule has 128 valence electrons. The Hall–Kier alpha value is -3.86. The van der Waals surface area contributed by atoms with E-state index in [0.29, 0.717) is 0 Å². The topological polar surface area (TPSA) is 3.24 Å². The van der Waals surface area contributed by atoms with E-state index in [2.05, 4.69) is 46.6 Å². The number of anilines is 1. The highest BCUT2D eigenvalue weighted by molar-refractivity contribution is 5.52. The molecule has 0 aliphatic rings. The average Bonchev–Trinajstić information content (AvgIpc) is 2.72. The molecule has 0 spiro atoms. The molecule has 3 aromatic rings. The first-order chi connectivity index (χ1) is 13.1. The van der Waals surface area contributed by atoms with Crippen LogP contribution in [0.3, 0.4) is 0 Å². The molecular formula is C26H19N. The molecule has 3 rings (SSSR count). The zero-order valence-electron chi connectivity index (χ0n) is 15.5. The third-order valence-corrected chi connectivity index (χ3v) is 4.02. The first-order valence-corrected chi connectivity index (χ1v) is 8.62. The van der Waals surface area contributed by atoms with E-state index in [4.69, 9.17) is 6.42 Å². The maximum absolute atomic E-state index is 5.36. The first kappa shape index (κ1) is 17.9. The van der Waals surface area contributed by atoms with Crippen LogP contribution in [0.25, 0.3) is 0 Å². The van der Waals surface area contributed by atoms with Crippen molar-refractivity contribution in [3.8, 4) is 36.0 Å². The van der Waals surface area contributed by atoms with Crippen LogP contribution >= 0.6 is 0 Å². The molecule has 27 heavy (non-hydrogen) atoms. The molecule has 1 nitrogen and oxygen atoms in total. The molecule has 0 bridgehead atoms. The van der Waals surface area contributed by atoms with Gasteiger partial charge in [0.05, 0.1) is 0 Å². The van der Waals surface area contributed by atoms with Crippen LogP contribution in [0.2, 0.25) is 0 Å². The van der Waals surface area contributed by atoms with Gasteiger partial charge >= 0.3 is 0 Å². The number of hydrogen-bond acceptors (Lipinski definition) is 1. The fourth-order valence-electron chi connectivity index (χ4n) is 2.42. The fraction of sp³-hybridized carbons (Fsp3) is 0.0769. The summed E-state index contributed by atoms with van der Waals surface area (Å²) < 4.78 is 0. The average molecular weight is 345 g/mol. The third kappa shape index (κ3) is 5.06. The highest BCUT2D eigenvalue weighted by Gasteiger charge is 1.94. The largest absolute Gasteiger partial charge is 0.378 e. The zero-order valence-corrected chi connectivity index (χ0v) is 15.5. The molecule has 3 aromatic carbocycles. The zero-order chi connectivity index (χ0) is 19.1. The number of nitrogens with zero attached hydrogens (tertiary/aromatic N) is 1. The molecule has 0 radical (unpaired) electrons. The Balaban J connectivity index is 1.69. The summed E-state index contributed by atoms with van der Waals surface area (Å²) in [5.41, 5.74) is 5.89. The van der Waals surface area contributed by atoms with Crippen LogP contribution in [0, 0.1) is 36.0 Å². The van der Waals surface area contributed by atoms with Gasteiger partial charge in [-0.2, -0.15) is 0 Å². The van der Waals surface area contributed by atoms with Gasteiger partial charge < -0.3 is 4.90 Å². The van der Waals surface area contributed by atoms with Crippen LogP contribution in [0.15, 0.2) is 72.8 Å². The lowest BCUT2D eigenvalue weighted by molar-refractivity contribution is 1.13. The van der Waals surface area contributed by atoms with Gasteiger partial charge in [0.2, 0.25) is 0 Å². The lowest BCUT2D eigenvalue weighted by Gasteiger charge is -2.11. The molecule has 0 aromatic heterocycles. The predicted octanol–water partition coefficient (Wildman–Crippen LogP) is 4.53. The molecule has 0 saturated heterocycles. The van der Waals surface area contributed by atoms with Gasteiger partial charge in [0.1, 0.15) is 0 Å². The van der Waals surface area contributed by atoms with Gasteiger partial charge in [-0.15, -0.1) is 6.42 Å². The van der Waals surface area contributed by atoms with Crippen LogP contribution in [0.5, 0.6) is 0 Å². The molecule has 0 unspecified atom stereocenters. The fourth-order valence-corrected chi connectivity index (χ4v) is 2.42. The minimum absolute atomic E-state index is 0.861. The Kier molecular flexibility index (Phi) is 5.64. The van der Waals surface area contributed by atoms with E-state index in [9.17, 15) is 0 Å². The van der Waals surface area contributed by atoms with E-state index in [1.165, 1.54) is 0 Å². The van der Waals surface area contributed by atoms with Crippen molar-refractivity contribution in [3.05, 3.63) is 101 Å². The molecule has 0 N–H and O–H groups in total. The van der Waals surface area contributed by atoms with Crippen LogP contribution in [-0.4, -0.2) is 14.1 Å². The highest BCUT2D eigenvalue weighted by atomic mass is 15.1. The van der Waals surface area contributed by atoms with Gasteiger partial charge in [-0.05, 0) is 72.8 Å². The van der Waals surface area contributed by atoms with Crippen molar-refractivity contribution in [1.29, 1.82) is 0 Å². The van der Waals surface area contributed by atoms with Crippen molar-refractivity contribution in [2.75, 3.05) is 19.0 Å². The number of hydrogen-bond donors (Lipinski definition) is 0. The van der Waals surface area contributed by atoms with E-state index in [1.807, 2.05) is 74.8 Å². The van der Waals surface area contributed by atoms with Crippen LogP contribution < -0.4 is 4.90 Å². The standard InChI is InChI=1S/C26H19N/c1-4-21-5-7-22(8-6-21)9-10-23-11-13-24(14-12-23)15-16-25-17-19-26(20-18-25)27(2)3/h1,5-8,11-14,17-20H,2-3H3. The highest BCUT2D eigenvalue weighted by Crippen LogP contribution is 2.11. The second-order valence-electron chi connectivity index (χ2n) is 6.24. The van der Waals surface area contributed by atoms with Crippen LogP contribution in [0.1, 0.15) is 27.8 Å². The van der Waals surface area contributed by atoms with Gasteiger partial charge in [0, 0.05) is 47.6 Å². The van der Waals surface area contributed by atoms with Gasteiger partial charge in [-0.3, -0.25) is 0 Å². The van der Waals surface area contributed by atoms with Gasteiger partial charge in [-0.25, -0.2) is 0 Å². The normalized spacial score (nSPS) is 9.22. The summed E-state index contributed by atoms with van der Waals surface area (Å²) in [5.74, 6) is 15.3. The third-order valence-electron chi connectivity index (χ3n) is 4.02. The molecule has 1 heteroatoms. The molecule has 0 heterocycles. The Morgan fingerprint density at radius 1 is 0.519 bits per heavy atom. The minimum Gasteiger partial charge on any atom is -0.378 e. The minimum atomic E-state index is 0.861. The SMILES string of the molecule is C#Cc1ccc(C#Cc2ccc(C#Cc3ccc(N(C)C)cc3)cc2)cc1. The second-order valence-corrected chi connectivity index (χ2v) is 6.24. The lowest BCUT2D eigenvalue weighted by Crippen LogP contribution is -2.07. The van der Waals surface area contributed by atoms with E-state index in [1.54, 1.807) is 0 Å². The van der Waals surface area contributed by atoms with Crippen LogP contribution in [0.4, 0.5) is 5.69 Å². The molecular weight excluding hydrogens is 326 g/mol. The van der Waals surface area contributed by atoms with E-state index in [0.717, 1.165) is 33.5 Å². The van der Waals surface area contributed by atoms with Crippen molar-refractivity contribution in [1.82, 2.24) is 0 Å². The first-order valence-electron chi connectivity index (χ1n) is 8.62. The maximum Gasteiger partial charge on any atom is 0.0361 e. The maximum atomic E-state index is 5.36. The molecule has 0 fully saturated rings.